The Balaban J connectivity index is 1.85. The smallest absolute Gasteiger partial charge is 0.340 e. The third-order valence-electron chi connectivity index (χ3n) is 4.93. The van der Waals surface area contributed by atoms with Gasteiger partial charge in [0.15, 0.2) is 14.5 Å². The van der Waals surface area contributed by atoms with Gasteiger partial charge in [0.05, 0.1) is 11.5 Å². The molecule has 1 aromatic carbocycles. The van der Waals surface area contributed by atoms with Gasteiger partial charge in [-0.25, -0.2) is 4.79 Å². The van der Waals surface area contributed by atoms with Crippen LogP contribution in [0.3, 0.4) is 0 Å². The zero-order valence-corrected chi connectivity index (χ0v) is 16.1. The lowest BCUT2D eigenvalue weighted by Crippen LogP contribution is -2.60. The Morgan fingerprint density at radius 1 is 1.21 bits per heavy atom. The lowest BCUT2D eigenvalue weighted by Gasteiger charge is -2.39. The number of carbonyl (C=O) groups is 2. The van der Waals surface area contributed by atoms with Gasteiger partial charge in [0, 0.05) is 6.61 Å². The van der Waals surface area contributed by atoms with E-state index in [-0.39, 0.29) is 16.9 Å². The van der Waals surface area contributed by atoms with E-state index in [2.05, 4.69) is 39.2 Å². The van der Waals surface area contributed by atoms with Crippen LogP contribution in [0.1, 0.15) is 37.6 Å². The molecule has 132 valence electrons. The zero-order chi connectivity index (χ0) is 18.0. The number of esters is 1. The Bertz CT molecular complexity index is 595. The molecule has 0 radical (unpaired) electrons. The van der Waals surface area contributed by atoms with Crippen LogP contribution < -0.4 is 5.32 Å². The lowest BCUT2D eigenvalue weighted by molar-refractivity contribution is -0.148. The summed E-state index contributed by atoms with van der Waals surface area (Å²) in [6, 6.07) is 8.78. The van der Waals surface area contributed by atoms with Crippen LogP contribution in [0.4, 0.5) is 0 Å². The van der Waals surface area contributed by atoms with E-state index in [1.807, 2.05) is 6.07 Å². The van der Waals surface area contributed by atoms with Crippen LogP contribution in [0.15, 0.2) is 30.3 Å². The van der Waals surface area contributed by atoms with E-state index >= 15 is 0 Å². The molecule has 0 spiro atoms. The third kappa shape index (κ3) is 4.24. The van der Waals surface area contributed by atoms with E-state index in [4.69, 9.17) is 9.16 Å². The quantitative estimate of drug-likeness (QED) is 0.486. The first-order chi connectivity index (χ1) is 11.1. The van der Waals surface area contributed by atoms with Crippen molar-refractivity contribution in [2.45, 2.75) is 51.6 Å². The second-order valence-electron chi connectivity index (χ2n) is 7.70. The van der Waals surface area contributed by atoms with E-state index in [1.54, 1.807) is 24.3 Å². The number of hydrogen-bond acceptors (Lipinski definition) is 4. The standard InChI is InChI=1S/C18H27NO4Si/c1-18(2,3)24(4,5)22-12-11-14-15(20)19-16(14)23-17(21)13-9-7-6-8-10-13/h6-10,14,16H,11-12H2,1-5H3,(H,19,20)/t14-,16+/m0/s1. The first kappa shape index (κ1) is 18.7. The predicted molar refractivity (Wildman–Crippen MR) is 95.0 cm³/mol. The van der Waals surface area contributed by atoms with Crippen molar-refractivity contribution in [3.63, 3.8) is 0 Å². The summed E-state index contributed by atoms with van der Waals surface area (Å²) in [5.74, 6) is -0.835. The van der Waals surface area contributed by atoms with E-state index < -0.39 is 20.5 Å². The molecule has 0 unspecified atom stereocenters. The van der Waals surface area contributed by atoms with Crippen molar-refractivity contribution >= 4 is 20.2 Å². The Hall–Kier alpha value is -1.66. The predicted octanol–water partition coefficient (Wildman–Crippen LogP) is 3.33. The maximum absolute atomic E-state index is 12.1. The molecule has 1 fully saturated rings. The maximum atomic E-state index is 12.1. The number of carbonyl (C=O) groups excluding carboxylic acids is 2. The monoisotopic (exact) mass is 349 g/mol. The number of ether oxygens (including phenoxy) is 1. The van der Waals surface area contributed by atoms with Gasteiger partial charge in [-0.1, -0.05) is 39.0 Å². The number of β-lactam (4-membered cyclic amide) rings is 1. The summed E-state index contributed by atoms with van der Waals surface area (Å²) in [6.07, 6.45) is -0.00124. The Labute approximate surface area is 144 Å². The van der Waals surface area contributed by atoms with Gasteiger partial charge >= 0.3 is 5.97 Å². The third-order valence-corrected chi connectivity index (χ3v) is 9.47. The average Bonchev–Trinajstić information content (AvgIpc) is 2.50. The minimum absolute atomic E-state index is 0.0836. The van der Waals surface area contributed by atoms with Crippen LogP contribution in [0, 0.1) is 5.92 Å². The fraction of sp³-hybridized carbons (Fsp3) is 0.556. The summed E-state index contributed by atoms with van der Waals surface area (Å²) in [5.41, 5.74) is 0.481. The number of rotatable bonds is 6. The van der Waals surface area contributed by atoms with Crippen LogP contribution in [-0.4, -0.2) is 33.0 Å². The van der Waals surface area contributed by atoms with Crippen LogP contribution in [0.5, 0.6) is 0 Å². The highest BCUT2D eigenvalue weighted by Gasteiger charge is 2.43. The first-order valence-corrected chi connectivity index (χ1v) is 11.2. The van der Waals surface area contributed by atoms with Crippen molar-refractivity contribution in [2.75, 3.05) is 6.61 Å². The number of amides is 1. The molecular formula is C18H27NO4Si. The van der Waals surface area contributed by atoms with Crippen molar-refractivity contribution < 1.29 is 18.8 Å². The number of hydrogen-bond donors (Lipinski definition) is 1. The Kier molecular flexibility index (Phi) is 5.50. The summed E-state index contributed by atoms with van der Waals surface area (Å²) < 4.78 is 11.5. The summed E-state index contributed by atoms with van der Waals surface area (Å²) in [5, 5.41) is 2.78. The van der Waals surface area contributed by atoms with Gasteiger partial charge in [0.25, 0.3) is 0 Å². The molecule has 1 saturated heterocycles. The van der Waals surface area contributed by atoms with Crippen LogP contribution in [-0.2, 0) is 14.0 Å². The van der Waals surface area contributed by atoms with Gasteiger partial charge < -0.3 is 14.5 Å². The molecule has 1 amide bonds. The van der Waals surface area contributed by atoms with E-state index in [9.17, 15) is 9.59 Å². The van der Waals surface area contributed by atoms with Crippen molar-refractivity contribution in [3.05, 3.63) is 35.9 Å². The van der Waals surface area contributed by atoms with Crippen LogP contribution in [0.25, 0.3) is 0 Å². The SMILES string of the molecule is CC(C)(C)[Si](C)(C)OCC[C@H]1C(=O)N[C@@H]1OC(=O)c1ccccc1. The van der Waals surface area contributed by atoms with Gasteiger partial charge in [-0.05, 0) is 36.7 Å². The highest BCUT2D eigenvalue weighted by atomic mass is 28.4. The summed E-state index contributed by atoms with van der Waals surface area (Å²) >= 11 is 0. The molecule has 1 heterocycles. The van der Waals surface area contributed by atoms with Crippen molar-refractivity contribution in [1.29, 1.82) is 0 Å². The maximum Gasteiger partial charge on any atom is 0.340 e. The molecule has 2 rings (SSSR count). The van der Waals surface area contributed by atoms with Gasteiger partial charge in [-0.3, -0.25) is 4.79 Å². The molecule has 0 bridgehead atoms. The molecule has 1 aliphatic heterocycles. The molecular weight excluding hydrogens is 322 g/mol. The fourth-order valence-electron chi connectivity index (χ4n) is 2.20. The van der Waals surface area contributed by atoms with Gasteiger partial charge in [-0.15, -0.1) is 0 Å². The molecule has 0 aliphatic carbocycles. The molecule has 1 aliphatic rings. The summed E-state index contributed by atoms with van der Waals surface area (Å²) in [7, 11) is -1.83. The second-order valence-corrected chi connectivity index (χ2v) is 12.5. The molecule has 2 atom stereocenters. The number of benzene rings is 1. The van der Waals surface area contributed by atoms with Crippen molar-refractivity contribution in [2.24, 2.45) is 5.92 Å². The highest BCUT2D eigenvalue weighted by molar-refractivity contribution is 6.74. The van der Waals surface area contributed by atoms with Crippen LogP contribution in [0.2, 0.25) is 18.1 Å². The van der Waals surface area contributed by atoms with Crippen molar-refractivity contribution in [1.82, 2.24) is 5.32 Å². The largest absolute Gasteiger partial charge is 0.437 e. The fourth-order valence-corrected chi connectivity index (χ4v) is 3.26. The number of nitrogens with one attached hydrogen (secondary N) is 1. The Morgan fingerprint density at radius 2 is 1.83 bits per heavy atom. The average molecular weight is 350 g/mol. The zero-order valence-electron chi connectivity index (χ0n) is 15.1. The van der Waals surface area contributed by atoms with Crippen molar-refractivity contribution in [3.8, 4) is 0 Å². The van der Waals surface area contributed by atoms with E-state index in [1.165, 1.54) is 0 Å². The lowest BCUT2D eigenvalue weighted by atomic mass is 9.95. The molecule has 0 aromatic heterocycles. The molecule has 1 aromatic rings. The second kappa shape index (κ2) is 7.07. The highest BCUT2D eigenvalue weighted by Crippen LogP contribution is 2.37. The molecule has 5 nitrogen and oxygen atoms in total. The molecule has 0 saturated carbocycles. The first-order valence-electron chi connectivity index (χ1n) is 8.32. The van der Waals surface area contributed by atoms with Gasteiger partial charge in [0.1, 0.15) is 0 Å². The molecule has 24 heavy (non-hydrogen) atoms. The topological polar surface area (TPSA) is 64.6 Å². The normalized spacial score (nSPS) is 21.0. The molecule has 1 N–H and O–H groups in total. The summed E-state index contributed by atoms with van der Waals surface area (Å²) in [4.78, 5) is 23.8. The van der Waals surface area contributed by atoms with E-state index in [0.717, 1.165) is 0 Å². The summed E-state index contributed by atoms with van der Waals surface area (Å²) in [6.45, 7) is 11.4. The Morgan fingerprint density at radius 3 is 2.38 bits per heavy atom. The minimum Gasteiger partial charge on any atom is -0.437 e. The molecule has 6 heteroatoms. The van der Waals surface area contributed by atoms with Gasteiger partial charge in [-0.2, -0.15) is 0 Å². The van der Waals surface area contributed by atoms with E-state index in [0.29, 0.717) is 18.6 Å². The minimum atomic E-state index is -1.83. The van der Waals surface area contributed by atoms with Gasteiger partial charge in [0.2, 0.25) is 5.91 Å². The van der Waals surface area contributed by atoms with Crippen LogP contribution >= 0.6 is 0 Å².